The van der Waals surface area contributed by atoms with E-state index in [1.54, 1.807) is 0 Å². The van der Waals surface area contributed by atoms with Crippen LogP contribution >= 0.6 is 0 Å². The van der Waals surface area contributed by atoms with Crippen LogP contribution in [0.25, 0.3) is 0 Å². The molecule has 3 N–H and O–H groups in total. The molecule has 0 saturated carbocycles. The van der Waals surface area contributed by atoms with Crippen molar-refractivity contribution in [1.29, 1.82) is 0 Å². The molecule has 0 aromatic carbocycles. The van der Waals surface area contributed by atoms with E-state index in [0.29, 0.717) is 25.3 Å². The second-order valence-corrected chi connectivity index (χ2v) is 4.26. The van der Waals surface area contributed by atoms with Gasteiger partial charge in [0.05, 0.1) is 6.10 Å². The fourth-order valence-electron chi connectivity index (χ4n) is 1.81. The van der Waals surface area contributed by atoms with Crippen LogP contribution in [0, 0.1) is 5.92 Å². The Hall–Kier alpha value is -0.610. The van der Waals surface area contributed by atoms with Gasteiger partial charge in [0.1, 0.15) is 0 Å². The van der Waals surface area contributed by atoms with Crippen molar-refractivity contribution in [2.75, 3.05) is 19.6 Å². The first kappa shape index (κ1) is 12.5. The molecule has 1 heterocycles. The fourth-order valence-corrected chi connectivity index (χ4v) is 1.81. The Kier molecular flexibility index (Phi) is 5.65. The molecule has 1 saturated heterocycles. The summed E-state index contributed by atoms with van der Waals surface area (Å²) in [7, 11) is 0. The second-order valence-electron chi connectivity index (χ2n) is 4.26. The number of hydrogen-bond donors (Lipinski definition) is 3. The summed E-state index contributed by atoms with van der Waals surface area (Å²) in [6, 6.07) is 0. The summed E-state index contributed by atoms with van der Waals surface area (Å²) in [5.41, 5.74) is 0. The van der Waals surface area contributed by atoms with Gasteiger partial charge in [0.15, 0.2) is 0 Å². The highest BCUT2D eigenvalue weighted by Gasteiger charge is 2.17. The number of carbonyl (C=O) groups excluding carboxylic acids is 1. The number of amides is 1. The lowest BCUT2D eigenvalue weighted by Gasteiger charge is -2.10. The molecule has 0 aromatic rings. The topological polar surface area (TPSA) is 61.4 Å². The minimum atomic E-state index is -0.279. The Morgan fingerprint density at radius 1 is 1.67 bits per heavy atom. The first-order valence-corrected chi connectivity index (χ1v) is 5.87. The van der Waals surface area contributed by atoms with E-state index in [2.05, 4.69) is 10.6 Å². The molecule has 88 valence electrons. The first-order chi connectivity index (χ1) is 7.22. The van der Waals surface area contributed by atoms with Crippen LogP contribution in [-0.4, -0.2) is 36.8 Å². The average Bonchev–Trinajstić information content (AvgIpc) is 2.70. The van der Waals surface area contributed by atoms with E-state index >= 15 is 0 Å². The summed E-state index contributed by atoms with van der Waals surface area (Å²) >= 11 is 0. The molecule has 4 nitrogen and oxygen atoms in total. The van der Waals surface area contributed by atoms with Gasteiger partial charge in [-0.15, -0.1) is 0 Å². The van der Waals surface area contributed by atoms with Crippen molar-refractivity contribution in [2.45, 2.75) is 38.7 Å². The monoisotopic (exact) mass is 214 g/mol. The lowest BCUT2D eigenvalue weighted by Crippen LogP contribution is -2.29. The zero-order valence-electron chi connectivity index (χ0n) is 9.46. The Labute approximate surface area is 91.4 Å². The van der Waals surface area contributed by atoms with Gasteiger partial charge in [-0.3, -0.25) is 4.79 Å². The summed E-state index contributed by atoms with van der Waals surface area (Å²) in [6.45, 7) is 4.53. The summed E-state index contributed by atoms with van der Waals surface area (Å²) in [6.07, 6.45) is 2.85. The van der Waals surface area contributed by atoms with E-state index in [9.17, 15) is 9.90 Å². The molecule has 2 atom stereocenters. The van der Waals surface area contributed by atoms with Crippen LogP contribution in [0.3, 0.4) is 0 Å². The zero-order valence-corrected chi connectivity index (χ0v) is 9.46. The van der Waals surface area contributed by atoms with Gasteiger partial charge in [-0.05, 0) is 38.3 Å². The number of aliphatic hydroxyl groups is 1. The fraction of sp³-hybridized carbons (Fsp3) is 0.909. The van der Waals surface area contributed by atoms with Gasteiger partial charge in [-0.1, -0.05) is 6.92 Å². The maximum atomic E-state index is 11.4. The van der Waals surface area contributed by atoms with E-state index in [1.165, 1.54) is 0 Å². The maximum absolute atomic E-state index is 11.4. The number of hydrogen-bond acceptors (Lipinski definition) is 3. The highest BCUT2D eigenvalue weighted by Crippen LogP contribution is 2.11. The van der Waals surface area contributed by atoms with Gasteiger partial charge in [-0.25, -0.2) is 0 Å². The van der Waals surface area contributed by atoms with Crippen molar-refractivity contribution < 1.29 is 9.90 Å². The van der Waals surface area contributed by atoms with Crippen LogP contribution in [0.1, 0.15) is 32.6 Å². The van der Waals surface area contributed by atoms with Gasteiger partial charge in [-0.2, -0.15) is 0 Å². The van der Waals surface area contributed by atoms with E-state index in [0.717, 1.165) is 25.9 Å². The lowest BCUT2D eigenvalue weighted by molar-refractivity contribution is -0.121. The van der Waals surface area contributed by atoms with Gasteiger partial charge < -0.3 is 15.7 Å². The highest BCUT2D eigenvalue weighted by atomic mass is 16.3. The van der Waals surface area contributed by atoms with Crippen molar-refractivity contribution in [1.82, 2.24) is 10.6 Å². The molecule has 2 unspecified atom stereocenters. The number of aliphatic hydroxyl groups excluding tert-OH is 1. The van der Waals surface area contributed by atoms with Crippen molar-refractivity contribution in [3.63, 3.8) is 0 Å². The molecule has 4 heteroatoms. The van der Waals surface area contributed by atoms with Gasteiger partial charge >= 0.3 is 0 Å². The maximum Gasteiger partial charge on any atom is 0.220 e. The van der Waals surface area contributed by atoms with E-state index in [4.69, 9.17) is 0 Å². The quantitative estimate of drug-likeness (QED) is 0.594. The molecule has 1 aliphatic rings. The summed E-state index contributed by atoms with van der Waals surface area (Å²) in [5, 5.41) is 15.4. The van der Waals surface area contributed by atoms with Crippen molar-refractivity contribution in [3.8, 4) is 0 Å². The van der Waals surface area contributed by atoms with Crippen molar-refractivity contribution in [2.24, 2.45) is 5.92 Å². The third-order valence-electron chi connectivity index (χ3n) is 2.91. The molecule has 0 aliphatic carbocycles. The Morgan fingerprint density at radius 3 is 3.07 bits per heavy atom. The van der Waals surface area contributed by atoms with Gasteiger partial charge in [0.2, 0.25) is 5.91 Å². The number of rotatable bonds is 6. The first-order valence-electron chi connectivity index (χ1n) is 5.87. The van der Waals surface area contributed by atoms with E-state index < -0.39 is 0 Å². The van der Waals surface area contributed by atoms with Crippen LogP contribution in [0.15, 0.2) is 0 Å². The third kappa shape index (κ3) is 5.14. The zero-order chi connectivity index (χ0) is 11.1. The average molecular weight is 214 g/mol. The third-order valence-corrected chi connectivity index (χ3v) is 2.91. The summed E-state index contributed by atoms with van der Waals surface area (Å²) < 4.78 is 0. The van der Waals surface area contributed by atoms with Crippen LogP contribution in [0.5, 0.6) is 0 Å². The minimum Gasteiger partial charge on any atom is -0.393 e. The minimum absolute atomic E-state index is 0.118. The molecule has 15 heavy (non-hydrogen) atoms. The predicted molar refractivity (Wildman–Crippen MR) is 59.5 cm³/mol. The predicted octanol–water partition coefficient (Wildman–Crippen LogP) is 0.263. The number of carbonyl (C=O) groups is 1. The lowest BCUT2D eigenvalue weighted by atomic mass is 10.0. The standard InChI is InChI=1S/C11H22N2O2/c1-2-10(14)4-6-13-11(15)7-9-3-5-12-8-9/h9-10,12,14H,2-8H2,1H3,(H,13,15). The van der Waals surface area contributed by atoms with Gasteiger partial charge in [0, 0.05) is 13.0 Å². The van der Waals surface area contributed by atoms with E-state index in [1.807, 2.05) is 6.92 Å². The van der Waals surface area contributed by atoms with E-state index in [-0.39, 0.29) is 12.0 Å². The molecule has 1 fully saturated rings. The molecule has 0 spiro atoms. The Balaban J connectivity index is 2.02. The SMILES string of the molecule is CCC(O)CCNC(=O)CC1CCNC1. The molecule has 1 amide bonds. The molecule has 1 rings (SSSR count). The number of nitrogens with one attached hydrogen (secondary N) is 2. The Morgan fingerprint density at radius 2 is 2.47 bits per heavy atom. The molecular formula is C11H22N2O2. The van der Waals surface area contributed by atoms with Crippen LogP contribution in [0.2, 0.25) is 0 Å². The molecule has 0 radical (unpaired) electrons. The van der Waals surface area contributed by atoms with Crippen LogP contribution in [0.4, 0.5) is 0 Å². The summed E-state index contributed by atoms with van der Waals surface area (Å²) in [5.74, 6) is 0.619. The highest BCUT2D eigenvalue weighted by molar-refractivity contribution is 5.76. The van der Waals surface area contributed by atoms with Gasteiger partial charge in [0.25, 0.3) is 0 Å². The normalized spacial score (nSPS) is 22.7. The smallest absolute Gasteiger partial charge is 0.220 e. The largest absolute Gasteiger partial charge is 0.393 e. The summed E-state index contributed by atoms with van der Waals surface area (Å²) in [4.78, 5) is 11.4. The molecule has 1 aliphatic heterocycles. The molecular weight excluding hydrogens is 192 g/mol. The molecule has 0 aromatic heterocycles. The Bertz CT molecular complexity index is 191. The van der Waals surface area contributed by atoms with Crippen LogP contribution in [-0.2, 0) is 4.79 Å². The molecule has 0 bridgehead atoms. The van der Waals surface area contributed by atoms with Crippen molar-refractivity contribution >= 4 is 5.91 Å². The van der Waals surface area contributed by atoms with Crippen molar-refractivity contribution in [3.05, 3.63) is 0 Å². The second kappa shape index (κ2) is 6.80. The van der Waals surface area contributed by atoms with Crippen LogP contribution < -0.4 is 10.6 Å².